The van der Waals surface area contributed by atoms with Crippen LogP contribution in [0.25, 0.3) is 0 Å². The maximum Gasteiger partial charge on any atom is 0.255 e. The molecule has 0 fully saturated rings. The largest absolute Gasteiger partial charge is 0.497 e. The van der Waals surface area contributed by atoms with E-state index < -0.39 is 26.2 Å². The van der Waals surface area contributed by atoms with Crippen molar-refractivity contribution in [3.05, 3.63) is 89.0 Å². The third-order valence-electron chi connectivity index (χ3n) is 9.00. The number of ether oxygens (including phenoxy) is 3. The fourth-order valence-electron chi connectivity index (χ4n) is 6.50. The highest BCUT2D eigenvalue weighted by molar-refractivity contribution is 6.72. The lowest BCUT2D eigenvalue weighted by Gasteiger charge is -2.44. The molecule has 8 nitrogen and oxygen atoms in total. The first-order valence-electron chi connectivity index (χ1n) is 15.0. The number of aliphatic hydroxyl groups is 1. The monoisotopic (exact) mass is 620 g/mol. The Morgan fingerprint density at radius 3 is 2.43 bits per heavy atom. The minimum atomic E-state index is -3.44. The average molecular weight is 621 g/mol. The molecule has 3 aromatic rings. The van der Waals surface area contributed by atoms with Crippen LogP contribution in [0.15, 0.2) is 66.7 Å². The molecule has 2 amide bonds. The van der Waals surface area contributed by atoms with Crippen LogP contribution in [0, 0.1) is 5.92 Å². The number of carbonyl (C=O) groups is 2. The van der Waals surface area contributed by atoms with E-state index in [1.165, 1.54) is 0 Å². The van der Waals surface area contributed by atoms with Gasteiger partial charge in [-0.1, -0.05) is 31.2 Å². The van der Waals surface area contributed by atoms with Crippen LogP contribution in [0.2, 0.25) is 18.6 Å². The first-order valence-corrected chi connectivity index (χ1v) is 17.9. The summed E-state index contributed by atoms with van der Waals surface area (Å²) in [6.07, 6.45) is -0.507. The molecule has 2 aliphatic rings. The standard InChI is InChI=1S/C34H41FN2O6Si/c1-21-32(42-3)28-17-25(36-34(40)22-10-13-27(41-2)14-11-22)12-15-29(28)43-33(21)30(44(4,5)35)18-31(39)37-19-24-9-7-6-8-23(24)16-26(37)20-38/h6-15,17,21,26,30,32-33,38H,16,18-20H2,1-5H3,(H,36,40)/t21-,26+,30?,32-,33-/m1/s1. The molecular weight excluding hydrogens is 579 g/mol. The maximum absolute atomic E-state index is 16.1. The summed E-state index contributed by atoms with van der Waals surface area (Å²) in [7, 11) is -0.272. The van der Waals surface area contributed by atoms with E-state index in [0.29, 0.717) is 35.7 Å². The van der Waals surface area contributed by atoms with Gasteiger partial charge < -0.3 is 33.6 Å². The van der Waals surface area contributed by atoms with Gasteiger partial charge in [0.25, 0.3) is 5.91 Å². The molecule has 0 radical (unpaired) electrons. The summed E-state index contributed by atoms with van der Waals surface area (Å²) in [6.45, 7) is 5.41. The first-order chi connectivity index (χ1) is 21.0. The number of aliphatic hydroxyl groups excluding tert-OH is 1. The third kappa shape index (κ3) is 6.52. The van der Waals surface area contributed by atoms with Crippen LogP contribution in [0.5, 0.6) is 11.5 Å². The summed E-state index contributed by atoms with van der Waals surface area (Å²) in [5.41, 5.74) is 3.33. The number of rotatable bonds is 9. The molecule has 234 valence electrons. The Labute approximate surface area is 259 Å². The SMILES string of the molecule is COc1ccc(C(=O)Nc2ccc3c(c2)[C@H](OC)[C@@H](C)[C@H](C(CC(=O)N2Cc4ccccc4C[C@H]2CO)[Si](C)(C)F)O3)cc1. The van der Waals surface area contributed by atoms with Crippen molar-refractivity contribution in [3.63, 3.8) is 0 Å². The van der Waals surface area contributed by atoms with Crippen molar-refractivity contribution in [2.24, 2.45) is 5.92 Å². The van der Waals surface area contributed by atoms with E-state index in [1.807, 2.05) is 37.3 Å². The average Bonchev–Trinajstić information content (AvgIpc) is 3.02. The zero-order valence-electron chi connectivity index (χ0n) is 25.9. The van der Waals surface area contributed by atoms with Gasteiger partial charge in [0.05, 0.1) is 25.9 Å². The van der Waals surface area contributed by atoms with E-state index in [9.17, 15) is 14.7 Å². The molecular formula is C34H41FN2O6Si. The predicted molar refractivity (Wildman–Crippen MR) is 169 cm³/mol. The highest BCUT2D eigenvalue weighted by Crippen LogP contribution is 2.48. The van der Waals surface area contributed by atoms with Crippen molar-refractivity contribution in [1.82, 2.24) is 4.90 Å². The van der Waals surface area contributed by atoms with Crippen LogP contribution < -0.4 is 14.8 Å². The van der Waals surface area contributed by atoms with Gasteiger partial charge in [0, 0.05) is 48.3 Å². The smallest absolute Gasteiger partial charge is 0.255 e. The highest BCUT2D eigenvalue weighted by atomic mass is 28.4. The molecule has 2 heterocycles. The van der Waals surface area contributed by atoms with Gasteiger partial charge in [0.1, 0.15) is 17.6 Å². The fourth-order valence-corrected chi connectivity index (χ4v) is 8.31. The highest BCUT2D eigenvalue weighted by Gasteiger charge is 2.49. The van der Waals surface area contributed by atoms with Gasteiger partial charge in [-0.2, -0.15) is 0 Å². The zero-order chi connectivity index (χ0) is 31.6. The normalized spacial score (nSPS) is 21.8. The summed E-state index contributed by atoms with van der Waals surface area (Å²) >= 11 is 0. The van der Waals surface area contributed by atoms with Gasteiger partial charge >= 0.3 is 0 Å². The third-order valence-corrected chi connectivity index (χ3v) is 11.3. The summed E-state index contributed by atoms with van der Waals surface area (Å²) in [5.74, 6) is 0.464. The number of nitrogens with zero attached hydrogens (tertiary/aromatic N) is 1. The number of nitrogens with one attached hydrogen (secondary N) is 1. The van der Waals surface area contributed by atoms with Crippen LogP contribution >= 0.6 is 0 Å². The summed E-state index contributed by atoms with van der Waals surface area (Å²) in [6, 6.07) is 19.7. The number of amides is 2. The van der Waals surface area contributed by atoms with Crippen molar-refractivity contribution in [2.45, 2.75) is 63.2 Å². The number of anilines is 1. The lowest BCUT2D eigenvalue weighted by atomic mass is 9.86. The molecule has 5 rings (SSSR count). The number of hydrogen-bond acceptors (Lipinski definition) is 6. The Morgan fingerprint density at radius 2 is 1.80 bits per heavy atom. The van der Waals surface area contributed by atoms with E-state index in [1.54, 1.807) is 68.6 Å². The van der Waals surface area contributed by atoms with Crippen molar-refractivity contribution in [1.29, 1.82) is 0 Å². The van der Waals surface area contributed by atoms with Crippen LogP contribution in [0.4, 0.5) is 9.80 Å². The van der Waals surface area contributed by atoms with Crippen LogP contribution in [-0.4, -0.2) is 63.2 Å². The Balaban J connectivity index is 1.37. The van der Waals surface area contributed by atoms with E-state index in [-0.39, 0.29) is 36.8 Å². The minimum Gasteiger partial charge on any atom is -0.497 e. The lowest BCUT2D eigenvalue weighted by molar-refractivity contribution is -0.136. The molecule has 0 aliphatic carbocycles. The van der Waals surface area contributed by atoms with Crippen LogP contribution in [-0.2, 0) is 22.5 Å². The molecule has 2 N–H and O–H groups in total. The maximum atomic E-state index is 16.1. The molecule has 5 atom stereocenters. The quantitative estimate of drug-likeness (QED) is 0.228. The second-order valence-electron chi connectivity index (χ2n) is 12.2. The van der Waals surface area contributed by atoms with E-state index in [0.717, 1.165) is 16.7 Å². The Kier molecular flexibility index (Phi) is 9.43. The molecule has 10 heteroatoms. The molecule has 0 saturated carbocycles. The molecule has 0 saturated heterocycles. The van der Waals surface area contributed by atoms with Crippen molar-refractivity contribution in [3.8, 4) is 11.5 Å². The number of carbonyl (C=O) groups excluding carboxylic acids is 2. The number of methoxy groups -OCH3 is 2. The molecule has 3 aromatic carbocycles. The Morgan fingerprint density at radius 1 is 1.09 bits per heavy atom. The molecule has 2 aliphatic heterocycles. The van der Waals surface area contributed by atoms with Crippen LogP contribution in [0.3, 0.4) is 0 Å². The topological polar surface area (TPSA) is 97.3 Å². The van der Waals surface area contributed by atoms with Gasteiger partial charge in [-0.15, -0.1) is 0 Å². The van der Waals surface area contributed by atoms with Crippen molar-refractivity contribution >= 4 is 25.9 Å². The minimum absolute atomic E-state index is 0.0227. The van der Waals surface area contributed by atoms with Gasteiger partial charge in [-0.3, -0.25) is 9.59 Å². The van der Waals surface area contributed by atoms with Gasteiger partial charge in [-0.25, -0.2) is 0 Å². The first kappa shape index (κ1) is 31.7. The van der Waals surface area contributed by atoms with Crippen molar-refractivity contribution in [2.75, 3.05) is 26.1 Å². The zero-order valence-corrected chi connectivity index (χ0v) is 26.9. The van der Waals surface area contributed by atoms with E-state index >= 15 is 4.11 Å². The second-order valence-corrected chi connectivity index (χ2v) is 16.1. The Hall–Kier alpha value is -3.73. The molecule has 0 aromatic heterocycles. The molecule has 44 heavy (non-hydrogen) atoms. The van der Waals surface area contributed by atoms with Crippen molar-refractivity contribution < 1.29 is 33.0 Å². The second kappa shape index (κ2) is 13.1. The van der Waals surface area contributed by atoms with Crippen LogP contribution in [0.1, 0.15) is 46.5 Å². The van der Waals surface area contributed by atoms with Gasteiger partial charge in [0.2, 0.25) is 14.3 Å². The number of benzene rings is 3. The fraction of sp³-hybridized carbons (Fsp3) is 0.412. The van der Waals surface area contributed by atoms with Gasteiger partial charge in [0.15, 0.2) is 0 Å². The number of hydrogen-bond donors (Lipinski definition) is 2. The summed E-state index contributed by atoms with van der Waals surface area (Å²) in [4.78, 5) is 28.4. The van der Waals surface area contributed by atoms with E-state index in [2.05, 4.69) is 5.32 Å². The number of fused-ring (bicyclic) bond motifs is 2. The summed E-state index contributed by atoms with van der Waals surface area (Å²) in [5, 5.41) is 13.1. The lowest BCUT2D eigenvalue weighted by Crippen LogP contribution is -2.50. The predicted octanol–water partition coefficient (Wildman–Crippen LogP) is 5.91. The van der Waals surface area contributed by atoms with E-state index in [4.69, 9.17) is 14.2 Å². The molecule has 0 bridgehead atoms. The number of halogens is 1. The Bertz CT molecular complexity index is 1490. The summed E-state index contributed by atoms with van der Waals surface area (Å²) < 4.78 is 33.7. The molecule has 1 unspecified atom stereocenters. The molecule has 0 spiro atoms. The van der Waals surface area contributed by atoms with Gasteiger partial charge in [-0.05, 0) is 73.1 Å².